The predicted octanol–water partition coefficient (Wildman–Crippen LogP) is 3.66. The number of sulfone groups is 1. The van der Waals surface area contributed by atoms with Crippen LogP contribution in [0.25, 0.3) is 0 Å². The van der Waals surface area contributed by atoms with Crippen LogP contribution >= 0.6 is 0 Å². The van der Waals surface area contributed by atoms with E-state index in [0.29, 0.717) is 5.56 Å². The van der Waals surface area contributed by atoms with Crippen molar-refractivity contribution in [3.05, 3.63) is 47.4 Å². The molecule has 0 unspecified atom stereocenters. The second-order valence-electron chi connectivity index (χ2n) is 6.78. The zero-order valence-electron chi connectivity index (χ0n) is 15.1. The number of benzene rings is 1. The van der Waals surface area contributed by atoms with E-state index in [1.165, 1.54) is 11.0 Å². The molecule has 1 aliphatic heterocycles. The minimum Gasteiger partial charge on any atom is -0.332 e. The number of alkyl halides is 3. The largest absolute Gasteiger partial charge is 0.391 e. The quantitative estimate of drug-likeness (QED) is 0.833. The molecule has 1 aromatic rings. The van der Waals surface area contributed by atoms with E-state index < -0.39 is 40.0 Å². The van der Waals surface area contributed by atoms with E-state index in [0.717, 1.165) is 11.7 Å². The van der Waals surface area contributed by atoms with Crippen molar-refractivity contribution in [1.29, 1.82) is 0 Å². The van der Waals surface area contributed by atoms with Gasteiger partial charge in [0.15, 0.2) is 9.84 Å². The van der Waals surface area contributed by atoms with Crippen LogP contribution in [-0.2, 0) is 9.84 Å². The smallest absolute Gasteiger partial charge is 0.332 e. The summed E-state index contributed by atoms with van der Waals surface area (Å²) in [5, 5.41) is 3.62. The molecule has 1 heterocycles. The number of amides is 2. The Hall–Kier alpha value is -2.03. The van der Waals surface area contributed by atoms with Gasteiger partial charge in [0.1, 0.15) is 0 Å². The first-order valence-corrected chi connectivity index (χ1v) is 10.5. The molecule has 0 aromatic heterocycles. The molecule has 0 bridgehead atoms. The Morgan fingerprint density at radius 2 is 1.93 bits per heavy atom. The second kappa shape index (κ2) is 8.33. The van der Waals surface area contributed by atoms with Crippen molar-refractivity contribution in [1.82, 2.24) is 10.2 Å². The van der Waals surface area contributed by atoms with Gasteiger partial charge in [0, 0.05) is 24.3 Å². The van der Waals surface area contributed by atoms with Gasteiger partial charge < -0.3 is 10.2 Å². The lowest BCUT2D eigenvalue weighted by atomic mass is 9.87. The summed E-state index contributed by atoms with van der Waals surface area (Å²) in [6.45, 7) is 1.57. The topological polar surface area (TPSA) is 66.5 Å². The first-order valence-electron chi connectivity index (χ1n) is 8.54. The molecule has 1 aromatic carbocycles. The number of piperidine rings is 1. The average Bonchev–Trinajstić information content (AvgIpc) is 2.59. The van der Waals surface area contributed by atoms with Gasteiger partial charge in [-0.25, -0.2) is 13.2 Å². The van der Waals surface area contributed by atoms with E-state index in [1.54, 1.807) is 37.3 Å². The van der Waals surface area contributed by atoms with Crippen molar-refractivity contribution in [2.75, 3.05) is 12.8 Å². The molecular formula is C18H23F3N2O3S. The molecule has 0 spiro atoms. The normalized spacial score (nSPS) is 22.6. The lowest BCUT2D eigenvalue weighted by molar-refractivity contribution is -0.188. The van der Waals surface area contributed by atoms with Gasteiger partial charge in [-0.1, -0.05) is 36.4 Å². The standard InChI is InChI=1S/C18H23F3N2O3S/c1-13(9-11-27(2,25)26)22-17(24)23-10-8-15(18(19,20)21)12-16(23)14-6-4-3-5-7-14/h3-7,9,11,13,15-16H,8,10,12H2,1-2H3,(H,22,24)/b11-9+/t13-,15-,16+/m0/s1. The van der Waals surface area contributed by atoms with Crippen LogP contribution < -0.4 is 5.32 Å². The summed E-state index contributed by atoms with van der Waals surface area (Å²) in [5.41, 5.74) is 0.640. The Bertz CT molecular complexity index is 779. The molecule has 1 N–H and O–H groups in total. The number of nitrogens with zero attached hydrogens (tertiary/aromatic N) is 1. The van der Waals surface area contributed by atoms with Crippen molar-refractivity contribution in [2.24, 2.45) is 5.92 Å². The minimum atomic E-state index is -4.30. The maximum Gasteiger partial charge on any atom is 0.391 e. The number of nitrogens with one attached hydrogen (secondary N) is 1. The monoisotopic (exact) mass is 404 g/mol. The number of carbonyl (C=O) groups is 1. The molecule has 0 aliphatic carbocycles. The highest BCUT2D eigenvalue weighted by Crippen LogP contribution is 2.42. The Morgan fingerprint density at radius 3 is 2.48 bits per heavy atom. The predicted molar refractivity (Wildman–Crippen MR) is 96.6 cm³/mol. The Balaban J connectivity index is 2.17. The van der Waals surface area contributed by atoms with Crippen LogP contribution in [0, 0.1) is 5.92 Å². The molecule has 9 heteroatoms. The fourth-order valence-corrected chi connectivity index (χ4v) is 3.60. The van der Waals surface area contributed by atoms with Crippen LogP contribution in [0.5, 0.6) is 0 Å². The summed E-state index contributed by atoms with van der Waals surface area (Å²) in [5.74, 6) is -1.46. The van der Waals surface area contributed by atoms with Crippen LogP contribution in [0.15, 0.2) is 41.8 Å². The lowest BCUT2D eigenvalue weighted by Crippen LogP contribution is -2.49. The van der Waals surface area contributed by atoms with E-state index in [4.69, 9.17) is 0 Å². The third-order valence-corrected chi connectivity index (χ3v) is 5.13. The Labute approximate surface area is 157 Å². The summed E-state index contributed by atoms with van der Waals surface area (Å²) < 4.78 is 61.9. The van der Waals surface area contributed by atoms with Crippen LogP contribution in [0.1, 0.15) is 31.4 Å². The van der Waals surface area contributed by atoms with Gasteiger partial charge in [0.25, 0.3) is 0 Å². The Morgan fingerprint density at radius 1 is 1.30 bits per heavy atom. The maximum absolute atomic E-state index is 13.2. The van der Waals surface area contributed by atoms with E-state index in [-0.39, 0.29) is 19.4 Å². The van der Waals surface area contributed by atoms with Crippen molar-refractivity contribution in [3.63, 3.8) is 0 Å². The first kappa shape index (κ1) is 21.3. The summed E-state index contributed by atoms with van der Waals surface area (Å²) in [6, 6.07) is 6.82. The maximum atomic E-state index is 13.2. The van der Waals surface area contributed by atoms with Gasteiger partial charge in [0.05, 0.1) is 12.0 Å². The average molecular weight is 404 g/mol. The number of hydrogen-bond acceptors (Lipinski definition) is 3. The highest BCUT2D eigenvalue weighted by atomic mass is 32.2. The summed E-state index contributed by atoms with van der Waals surface area (Å²) >= 11 is 0. The summed E-state index contributed by atoms with van der Waals surface area (Å²) in [6.07, 6.45) is -2.30. The van der Waals surface area contributed by atoms with Crippen molar-refractivity contribution < 1.29 is 26.4 Å². The van der Waals surface area contributed by atoms with E-state index in [2.05, 4.69) is 5.32 Å². The van der Waals surface area contributed by atoms with Crippen LogP contribution in [0.4, 0.5) is 18.0 Å². The van der Waals surface area contributed by atoms with Gasteiger partial charge in [-0.05, 0) is 25.3 Å². The molecule has 2 amide bonds. The fraction of sp³-hybridized carbons (Fsp3) is 0.500. The number of urea groups is 1. The van der Waals surface area contributed by atoms with Crippen LogP contribution in [0.3, 0.4) is 0 Å². The van der Waals surface area contributed by atoms with Gasteiger partial charge in [-0.15, -0.1) is 0 Å². The lowest BCUT2D eigenvalue weighted by Gasteiger charge is -2.40. The number of halogens is 3. The van der Waals surface area contributed by atoms with E-state index in [9.17, 15) is 26.4 Å². The van der Waals surface area contributed by atoms with Gasteiger partial charge in [-0.3, -0.25) is 0 Å². The number of rotatable bonds is 4. The molecule has 1 aliphatic rings. The van der Waals surface area contributed by atoms with Crippen LogP contribution in [-0.4, -0.2) is 44.4 Å². The molecular weight excluding hydrogens is 381 g/mol. The Kier molecular flexibility index (Phi) is 6.56. The molecule has 1 saturated heterocycles. The van der Waals surface area contributed by atoms with Crippen molar-refractivity contribution >= 4 is 15.9 Å². The van der Waals surface area contributed by atoms with Gasteiger partial charge >= 0.3 is 12.2 Å². The molecule has 27 heavy (non-hydrogen) atoms. The molecule has 0 radical (unpaired) electrons. The van der Waals surface area contributed by atoms with Gasteiger partial charge in [-0.2, -0.15) is 13.2 Å². The molecule has 5 nitrogen and oxygen atoms in total. The minimum absolute atomic E-state index is 0.0297. The summed E-state index contributed by atoms with van der Waals surface area (Å²) in [4.78, 5) is 14.0. The molecule has 3 atom stereocenters. The van der Waals surface area contributed by atoms with E-state index in [1.807, 2.05) is 0 Å². The number of hydrogen-bond donors (Lipinski definition) is 1. The first-order chi connectivity index (χ1) is 12.5. The third-order valence-electron chi connectivity index (χ3n) is 4.48. The number of carbonyl (C=O) groups excluding carboxylic acids is 1. The zero-order chi connectivity index (χ0) is 20.2. The molecule has 0 saturated carbocycles. The highest BCUT2D eigenvalue weighted by Gasteiger charge is 2.45. The van der Waals surface area contributed by atoms with Crippen molar-refractivity contribution in [3.8, 4) is 0 Å². The SMILES string of the molecule is C[C@@H](/C=C/S(C)(=O)=O)NC(=O)N1CC[C@H](C(F)(F)F)C[C@@H]1c1ccccc1. The number of likely N-dealkylation sites (tertiary alicyclic amines) is 1. The third kappa shape index (κ3) is 6.27. The molecule has 2 rings (SSSR count). The van der Waals surface area contributed by atoms with Gasteiger partial charge in [0.2, 0.25) is 0 Å². The molecule has 150 valence electrons. The zero-order valence-corrected chi connectivity index (χ0v) is 15.9. The van der Waals surface area contributed by atoms with E-state index >= 15 is 0 Å². The van der Waals surface area contributed by atoms with Crippen molar-refractivity contribution in [2.45, 2.75) is 38.0 Å². The fourth-order valence-electron chi connectivity index (χ4n) is 3.08. The second-order valence-corrected chi connectivity index (χ2v) is 8.71. The highest BCUT2D eigenvalue weighted by molar-refractivity contribution is 7.93. The summed E-state index contributed by atoms with van der Waals surface area (Å²) in [7, 11) is -3.33. The molecule has 1 fully saturated rings. The van der Waals surface area contributed by atoms with Crippen LogP contribution in [0.2, 0.25) is 0 Å².